The first-order chi connectivity index (χ1) is 15.6. The van der Waals surface area contributed by atoms with E-state index >= 15 is 8.78 Å². The number of ether oxygens (including phenoxy) is 1. The number of amides is 1. The number of carbonyl (C=O) groups excluding carboxylic acids is 2. The second-order valence-corrected chi connectivity index (χ2v) is 12.5. The largest absolute Gasteiger partial charge is 0.465 e. The van der Waals surface area contributed by atoms with E-state index in [0.29, 0.717) is 23.7 Å². The van der Waals surface area contributed by atoms with Crippen molar-refractivity contribution in [1.29, 1.82) is 0 Å². The Kier molecular flexibility index (Phi) is 9.07. The van der Waals surface area contributed by atoms with Crippen LogP contribution in [0.2, 0.25) is 18.1 Å². The van der Waals surface area contributed by atoms with E-state index in [4.69, 9.17) is 14.9 Å². The number of esters is 1. The molecular weight excluding hydrogens is 444 g/mol. The van der Waals surface area contributed by atoms with Gasteiger partial charge in [0, 0.05) is 5.56 Å². The monoisotopic (exact) mass is 475 g/mol. The number of nitrogens with two attached hydrogens (primary N) is 1. The number of rotatable bonds is 11. The molecule has 0 aliphatic carbocycles. The van der Waals surface area contributed by atoms with Crippen molar-refractivity contribution in [1.82, 2.24) is 0 Å². The van der Waals surface area contributed by atoms with Gasteiger partial charge in [0.15, 0.2) is 8.32 Å². The average Bonchev–Trinajstić information content (AvgIpc) is 2.83. The highest BCUT2D eigenvalue weighted by molar-refractivity contribution is 6.73. The summed E-state index contributed by atoms with van der Waals surface area (Å²) in [7, 11) is -1.17. The van der Waals surface area contributed by atoms with Crippen LogP contribution in [0.1, 0.15) is 58.7 Å². The van der Waals surface area contributed by atoms with Crippen molar-refractivity contribution in [3.05, 3.63) is 76.9 Å². The number of alkyl halides is 2. The van der Waals surface area contributed by atoms with E-state index in [1.165, 1.54) is 43.5 Å². The molecule has 5 nitrogen and oxygen atoms in total. The Balaban J connectivity index is 2.51. The summed E-state index contributed by atoms with van der Waals surface area (Å²) in [6, 6.07) is 14.2. The lowest BCUT2D eigenvalue weighted by atomic mass is 10.00. The molecule has 2 N–H and O–H groups in total. The van der Waals surface area contributed by atoms with Gasteiger partial charge in [-0.2, -0.15) is 8.78 Å². The number of primary amides is 1. The molecule has 0 saturated heterocycles. The van der Waals surface area contributed by atoms with Crippen LogP contribution in [0.5, 0.6) is 0 Å². The van der Waals surface area contributed by atoms with Gasteiger partial charge in [-0.1, -0.05) is 57.2 Å². The second-order valence-electron chi connectivity index (χ2n) is 7.81. The molecule has 0 saturated carbocycles. The molecule has 33 heavy (non-hydrogen) atoms. The number of methoxy groups -OCH3 is 1. The Morgan fingerprint density at radius 1 is 1.03 bits per heavy atom. The van der Waals surface area contributed by atoms with E-state index in [2.05, 4.69) is 0 Å². The first-order valence-electron chi connectivity index (χ1n) is 10.9. The van der Waals surface area contributed by atoms with Crippen LogP contribution in [0, 0.1) is 0 Å². The van der Waals surface area contributed by atoms with Gasteiger partial charge in [-0.15, -0.1) is 0 Å². The summed E-state index contributed by atoms with van der Waals surface area (Å²) in [5.41, 5.74) is 6.35. The molecule has 1 atom stereocenters. The Morgan fingerprint density at radius 3 is 2.12 bits per heavy atom. The topological polar surface area (TPSA) is 78.6 Å². The second kappa shape index (κ2) is 11.3. The molecule has 0 fully saturated rings. The average molecular weight is 476 g/mol. The van der Waals surface area contributed by atoms with Gasteiger partial charge in [0.05, 0.1) is 12.7 Å². The van der Waals surface area contributed by atoms with E-state index in [-0.39, 0.29) is 16.7 Å². The number of halogens is 2. The van der Waals surface area contributed by atoms with Crippen LogP contribution in [-0.4, -0.2) is 33.2 Å². The third kappa shape index (κ3) is 6.36. The molecule has 0 radical (unpaired) electrons. The molecule has 1 amide bonds. The molecule has 8 heteroatoms. The highest BCUT2D eigenvalue weighted by Gasteiger charge is 2.44. The standard InChI is InChI=1S/C25H31F2NO4Si/c1-5-33(6-2,7-3)32-22(19-12-14-20(15-13-19)24(30)31-4)25(26,27)17-16-18-10-8-9-11-21(18)23(28)29/h8-17,22H,5-7H2,1-4H3,(H2,28,29). The smallest absolute Gasteiger partial charge is 0.337 e. The summed E-state index contributed by atoms with van der Waals surface area (Å²) in [6.07, 6.45) is 0.410. The summed E-state index contributed by atoms with van der Waals surface area (Å²) in [4.78, 5) is 23.4. The fraction of sp³-hybridized carbons (Fsp3) is 0.360. The van der Waals surface area contributed by atoms with Crippen LogP contribution in [0.3, 0.4) is 0 Å². The number of benzene rings is 2. The molecule has 0 aliphatic rings. The minimum atomic E-state index is -3.39. The molecule has 2 aromatic rings. The Bertz CT molecular complexity index is 980. The third-order valence-electron chi connectivity index (χ3n) is 6.00. The van der Waals surface area contributed by atoms with Gasteiger partial charge in [0.1, 0.15) is 6.10 Å². The zero-order valence-electron chi connectivity index (χ0n) is 19.4. The zero-order valence-corrected chi connectivity index (χ0v) is 20.4. The minimum absolute atomic E-state index is 0.156. The predicted octanol–water partition coefficient (Wildman–Crippen LogP) is 5.98. The highest BCUT2D eigenvalue weighted by atomic mass is 28.4. The summed E-state index contributed by atoms with van der Waals surface area (Å²) < 4.78 is 42.3. The van der Waals surface area contributed by atoms with Crippen LogP contribution >= 0.6 is 0 Å². The normalized spacial score (nSPS) is 13.2. The van der Waals surface area contributed by atoms with E-state index in [9.17, 15) is 9.59 Å². The lowest BCUT2D eigenvalue weighted by Crippen LogP contribution is -2.42. The molecule has 1 unspecified atom stereocenters. The minimum Gasteiger partial charge on any atom is -0.465 e. The maximum absolute atomic E-state index is 15.7. The fourth-order valence-electron chi connectivity index (χ4n) is 3.69. The number of carbonyl (C=O) groups is 2. The fourth-order valence-corrected chi connectivity index (χ4v) is 6.48. The van der Waals surface area contributed by atoms with Crippen LogP contribution in [0.15, 0.2) is 54.6 Å². The summed E-state index contributed by atoms with van der Waals surface area (Å²) >= 11 is 0. The first-order valence-corrected chi connectivity index (χ1v) is 13.5. The molecule has 0 aromatic heterocycles. The predicted molar refractivity (Wildman–Crippen MR) is 128 cm³/mol. The van der Waals surface area contributed by atoms with Gasteiger partial charge in [-0.3, -0.25) is 4.79 Å². The van der Waals surface area contributed by atoms with Crippen molar-refractivity contribution in [3.8, 4) is 0 Å². The van der Waals surface area contributed by atoms with Crippen LogP contribution in [0.4, 0.5) is 8.78 Å². The first kappa shape index (κ1) is 26.4. The van der Waals surface area contributed by atoms with Crippen molar-refractivity contribution < 1.29 is 27.5 Å². The van der Waals surface area contributed by atoms with E-state index < -0.39 is 32.2 Å². The van der Waals surface area contributed by atoms with Crippen LogP contribution in [-0.2, 0) is 9.16 Å². The van der Waals surface area contributed by atoms with Gasteiger partial charge < -0.3 is 14.9 Å². The number of hydrogen-bond donors (Lipinski definition) is 1. The van der Waals surface area contributed by atoms with Crippen molar-refractivity contribution in [3.63, 3.8) is 0 Å². The van der Waals surface area contributed by atoms with Gasteiger partial charge in [-0.05, 0) is 53.5 Å². The Labute approximate surface area is 194 Å². The Hall–Kier alpha value is -2.84. The summed E-state index contributed by atoms with van der Waals surface area (Å²) in [5, 5.41) is 0. The quantitative estimate of drug-likeness (QED) is 0.320. The molecule has 2 aromatic carbocycles. The molecule has 0 heterocycles. The van der Waals surface area contributed by atoms with Crippen molar-refractivity contribution in [2.75, 3.05) is 7.11 Å². The molecule has 0 bridgehead atoms. The summed E-state index contributed by atoms with van der Waals surface area (Å²) in [6.45, 7) is 5.90. The van der Waals surface area contributed by atoms with Crippen LogP contribution < -0.4 is 5.73 Å². The molecule has 0 aliphatic heterocycles. The molecular formula is C25H31F2NO4Si. The number of hydrogen-bond acceptors (Lipinski definition) is 4. The Morgan fingerprint density at radius 2 is 1.61 bits per heavy atom. The maximum atomic E-state index is 15.7. The van der Waals surface area contributed by atoms with Gasteiger partial charge >= 0.3 is 5.97 Å². The van der Waals surface area contributed by atoms with Gasteiger partial charge in [0.25, 0.3) is 5.92 Å². The van der Waals surface area contributed by atoms with Crippen LogP contribution in [0.25, 0.3) is 6.08 Å². The lowest BCUT2D eigenvalue weighted by molar-refractivity contribution is -0.0627. The van der Waals surface area contributed by atoms with Gasteiger partial charge in [-0.25, -0.2) is 4.79 Å². The van der Waals surface area contributed by atoms with Crippen molar-refractivity contribution >= 4 is 26.3 Å². The van der Waals surface area contributed by atoms with E-state index in [1.54, 1.807) is 18.2 Å². The SMILES string of the molecule is CC[Si](CC)(CC)OC(c1ccc(C(=O)OC)cc1)C(F)(F)C=Cc1ccccc1C(N)=O. The molecule has 2 rings (SSSR count). The van der Waals surface area contributed by atoms with Crippen molar-refractivity contribution in [2.24, 2.45) is 5.73 Å². The maximum Gasteiger partial charge on any atom is 0.337 e. The van der Waals surface area contributed by atoms with Gasteiger partial charge in [0.2, 0.25) is 5.91 Å². The lowest BCUT2D eigenvalue weighted by Gasteiger charge is -2.36. The van der Waals surface area contributed by atoms with Crippen molar-refractivity contribution in [2.45, 2.75) is 50.9 Å². The zero-order chi connectivity index (χ0) is 24.6. The third-order valence-corrected chi connectivity index (χ3v) is 10.6. The molecule has 178 valence electrons. The molecule has 0 spiro atoms. The highest BCUT2D eigenvalue weighted by Crippen LogP contribution is 2.41. The summed E-state index contributed by atoms with van der Waals surface area (Å²) in [5.74, 6) is -4.64. The van der Waals surface area contributed by atoms with E-state index in [1.807, 2.05) is 20.8 Å². The van der Waals surface area contributed by atoms with E-state index in [0.717, 1.165) is 6.08 Å².